The summed E-state index contributed by atoms with van der Waals surface area (Å²) in [5.74, 6) is 0. The van der Waals surface area contributed by atoms with E-state index in [-0.39, 0.29) is 0 Å². The monoisotopic (exact) mass is 194 g/mol. The molecule has 1 fully saturated rings. The molecule has 0 unspecified atom stereocenters. The molecule has 0 amide bonds. The molecule has 0 bridgehead atoms. The van der Waals surface area contributed by atoms with Crippen LogP contribution in [0.2, 0.25) is 5.02 Å². The minimum Gasteiger partial charge on any atom is -0.370 e. The van der Waals surface area contributed by atoms with Gasteiger partial charge in [0.1, 0.15) is 0 Å². The molecule has 0 N–H and O–H groups in total. The molecule has 1 saturated heterocycles. The zero-order chi connectivity index (χ0) is 9.10. The average Bonchev–Trinajstić information content (AvgIpc) is 2.20. The minimum atomic E-state index is 0.824. The average molecular weight is 195 g/mol. The van der Waals surface area contributed by atoms with Crippen LogP contribution in [-0.4, -0.2) is 13.1 Å². The SMILES string of the molecule is Clc1c[c]ccc1N1CCCCC1. The highest BCUT2D eigenvalue weighted by Crippen LogP contribution is 2.27. The van der Waals surface area contributed by atoms with Crippen LogP contribution < -0.4 is 4.90 Å². The van der Waals surface area contributed by atoms with Crippen LogP contribution in [0.3, 0.4) is 0 Å². The Labute approximate surface area is 84.3 Å². The van der Waals surface area contributed by atoms with Gasteiger partial charge in [0, 0.05) is 13.1 Å². The molecule has 0 aliphatic carbocycles. The molecular formula is C11H13ClN. The predicted molar refractivity (Wildman–Crippen MR) is 56.4 cm³/mol. The summed E-state index contributed by atoms with van der Waals surface area (Å²) >= 11 is 6.08. The number of hydrogen-bond acceptors (Lipinski definition) is 1. The second kappa shape index (κ2) is 4.01. The Bertz CT molecular complexity index is 279. The third-order valence-corrected chi connectivity index (χ3v) is 2.79. The zero-order valence-corrected chi connectivity index (χ0v) is 8.35. The zero-order valence-electron chi connectivity index (χ0n) is 7.59. The van der Waals surface area contributed by atoms with E-state index >= 15 is 0 Å². The normalized spacial score (nSPS) is 17.5. The fourth-order valence-electron chi connectivity index (χ4n) is 1.79. The highest BCUT2D eigenvalue weighted by Gasteiger charge is 2.12. The molecule has 1 aromatic carbocycles. The Hall–Kier alpha value is -0.690. The highest BCUT2D eigenvalue weighted by atomic mass is 35.5. The van der Waals surface area contributed by atoms with Gasteiger partial charge in [-0.2, -0.15) is 0 Å². The van der Waals surface area contributed by atoms with E-state index in [1.807, 2.05) is 18.2 Å². The molecule has 69 valence electrons. The lowest BCUT2D eigenvalue weighted by atomic mass is 10.1. The Morgan fingerprint density at radius 3 is 2.69 bits per heavy atom. The van der Waals surface area contributed by atoms with Crippen molar-refractivity contribution >= 4 is 17.3 Å². The lowest BCUT2D eigenvalue weighted by Gasteiger charge is -2.29. The Morgan fingerprint density at radius 1 is 1.23 bits per heavy atom. The summed E-state index contributed by atoms with van der Waals surface area (Å²) in [6.45, 7) is 2.29. The Morgan fingerprint density at radius 2 is 2.00 bits per heavy atom. The van der Waals surface area contributed by atoms with Crippen LogP contribution in [0, 0.1) is 6.07 Å². The first-order valence-electron chi connectivity index (χ1n) is 4.78. The van der Waals surface area contributed by atoms with Gasteiger partial charge in [-0.1, -0.05) is 17.7 Å². The van der Waals surface area contributed by atoms with E-state index in [0.29, 0.717) is 0 Å². The molecular weight excluding hydrogens is 182 g/mol. The van der Waals surface area contributed by atoms with Crippen LogP contribution in [0.5, 0.6) is 0 Å². The molecule has 1 aliphatic rings. The van der Waals surface area contributed by atoms with Gasteiger partial charge in [0.15, 0.2) is 0 Å². The topological polar surface area (TPSA) is 3.24 Å². The van der Waals surface area contributed by atoms with Crippen LogP contribution in [-0.2, 0) is 0 Å². The van der Waals surface area contributed by atoms with Crippen molar-refractivity contribution in [2.24, 2.45) is 0 Å². The van der Waals surface area contributed by atoms with Gasteiger partial charge in [0.05, 0.1) is 10.7 Å². The molecule has 1 heterocycles. The van der Waals surface area contributed by atoms with Crippen molar-refractivity contribution in [3.05, 3.63) is 29.3 Å². The lowest BCUT2D eigenvalue weighted by molar-refractivity contribution is 0.578. The lowest BCUT2D eigenvalue weighted by Crippen LogP contribution is -2.29. The fourth-order valence-corrected chi connectivity index (χ4v) is 2.04. The van der Waals surface area contributed by atoms with Crippen molar-refractivity contribution in [2.75, 3.05) is 18.0 Å². The van der Waals surface area contributed by atoms with Crippen LogP contribution in [0.4, 0.5) is 5.69 Å². The quantitative estimate of drug-likeness (QED) is 0.664. The van der Waals surface area contributed by atoms with Crippen molar-refractivity contribution < 1.29 is 0 Å². The molecule has 0 atom stereocenters. The third kappa shape index (κ3) is 1.97. The number of nitrogens with zero attached hydrogens (tertiary/aromatic N) is 1. The molecule has 0 aromatic heterocycles. The fraction of sp³-hybridized carbons (Fsp3) is 0.455. The number of anilines is 1. The Kier molecular flexibility index (Phi) is 2.74. The van der Waals surface area contributed by atoms with Gasteiger partial charge >= 0.3 is 0 Å². The summed E-state index contributed by atoms with van der Waals surface area (Å²) < 4.78 is 0. The van der Waals surface area contributed by atoms with Gasteiger partial charge < -0.3 is 4.90 Å². The van der Waals surface area contributed by atoms with Crippen molar-refractivity contribution in [2.45, 2.75) is 19.3 Å². The molecule has 2 heteroatoms. The van der Waals surface area contributed by atoms with Gasteiger partial charge in [-0.05, 0) is 37.5 Å². The highest BCUT2D eigenvalue weighted by molar-refractivity contribution is 6.33. The van der Waals surface area contributed by atoms with E-state index in [2.05, 4.69) is 11.0 Å². The van der Waals surface area contributed by atoms with Crippen LogP contribution in [0.15, 0.2) is 18.2 Å². The van der Waals surface area contributed by atoms with E-state index in [4.69, 9.17) is 11.6 Å². The summed E-state index contributed by atoms with van der Waals surface area (Å²) in [5.41, 5.74) is 1.17. The summed E-state index contributed by atoms with van der Waals surface area (Å²) in [6.07, 6.45) is 3.93. The van der Waals surface area contributed by atoms with E-state index in [9.17, 15) is 0 Å². The van der Waals surface area contributed by atoms with Crippen LogP contribution in [0.25, 0.3) is 0 Å². The molecule has 13 heavy (non-hydrogen) atoms. The molecule has 2 rings (SSSR count). The maximum Gasteiger partial charge on any atom is 0.0645 e. The third-order valence-electron chi connectivity index (χ3n) is 2.49. The van der Waals surface area contributed by atoms with Gasteiger partial charge in [-0.25, -0.2) is 0 Å². The number of rotatable bonds is 1. The van der Waals surface area contributed by atoms with E-state index in [1.165, 1.54) is 24.9 Å². The molecule has 1 aromatic rings. The maximum atomic E-state index is 6.08. The van der Waals surface area contributed by atoms with Crippen LogP contribution in [0.1, 0.15) is 19.3 Å². The predicted octanol–water partition coefficient (Wildman–Crippen LogP) is 3.13. The molecule has 0 saturated carbocycles. The molecule has 1 radical (unpaired) electrons. The van der Waals surface area contributed by atoms with Gasteiger partial charge in [0.2, 0.25) is 0 Å². The second-order valence-corrected chi connectivity index (χ2v) is 3.83. The Balaban J connectivity index is 2.18. The van der Waals surface area contributed by atoms with Crippen molar-refractivity contribution in [1.29, 1.82) is 0 Å². The van der Waals surface area contributed by atoms with E-state index < -0.39 is 0 Å². The first-order chi connectivity index (χ1) is 6.38. The van der Waals surface area contributed by atoms with Gasteiger partial charge in [-0.15, -0.1) is 0 Å². The first kappa shape index (κ1) is 8.89. The summed E-state index contributed by atoms with van der Waals surface area (Å²) in [6, 6.07) is 8.80. The summed E-state index contributed by atoms with van der Waals surface area (Å²) in [5, 5.41) is 0.824. The number of hydrogen-bond donors (Lipinski definition) is 0. The second-order valence-electron chi connectivity index (χ2n) is 3.43. The summed E-state index contributed by atoms with van der Waals surface area (Å²) in [7, 11) is 0. The minimum absolute atomic E-state index is 0.824. The molecule has 1 nitrogen and oxygen atoms in total. The number of piperidine rings is 1. The van der Waals surface area contributed by atoms with Crippen LogP contribution >= 0.6 is 11.6 Å². The van der Waals surface area contributed by atoms with Gasteiger partial charge in [0.25, 0.3) is 0 Å². The van der Waals surface area contributed by atoms with Crippen molar-refractivity contribution in [3.63, 3.8) is 0 Å². The standard InChI is InChI=1S/C11H13ClN/c12-10-6-2-3-7-11(10)13-8-4-1-5-9-13/h3,6-7H,1,4-5,8-9H2. The van der Waals surface area contributed by atoms with E-state index in [0.717, 1.165) is 18.1 Å². The number of benzene rings is 1. The van der Waals surface area contributed by atoms with Crippen molar-refractivity contribution in [1.82, 2.24) is 0 Å². The molecule has 0 spiro atoms. The van der Waals surface area contributed by atoms with Crippen molar-refractivity contribution in [3.8, 4) is 0 Å². The van der Waals surface area contributed by atoms with Gasteiger partial charge in [-0.3, -0.25) is 0 Å². The number of halogens is 1. The smallest absolute Gasteiger partial charge is 0.0645 e. The first-order valence-corrected chi connectivity index (χ1v) is 5.16. The van der Waals surface area contributed by atoms with E-state index in [1.54, 1.807) is 0 Å². The largest absolute Gasteiger partial charge is 0.370 e. The molecule has 1 aliphatic heterocycles. The maximum absolute atomic E-state index is 6.08. The summed E-state index contributed by atoms with van der Waals surface area (Å²) in [4.78, 5) is 2.36.